The molecular weight excluding hydrogens is 321 g/mol. The zero-order valence-corrected chi connectivity index (χ0v) is 13.7. The third-order valence-electron chi connectivity index (χ3n) is 4.92. The molecule has 2 bridgehead atoms. The highest BCUT2D eigenvalue weighted by atomic mass is 32.1. The van der Waals surface area contributed by atoms with E-state index in [0.29, 0.717) is 5.92 Å². The number of nitrogens with zero attached hydrogens (tertiary/aromatic N) is 1. The van der Waals surface area contributed by atoms with Crippen molar-refractivity contribution in [2.24, 2.45) is 11.8 Å². The van der Waals surface area contributed by atoms with Crippen LogP contribution in [0.25, 0.3) is 0 Å². The Bertz CT molecular complexity index is 547. The first-order valence-corrected chi connectivity index (χ1v) is 8.47. The van der Waals surface area contributed by atoms with E-state index >= 15 is 0 Å². The molecule has 2 aliphatic rings. The van der Waals surface area contributed by atoms with Crippen molar-refractivity contribution < 1.29 is 13.2 Å². The van der Waals surface area contributed by atoms with E-state index < -0.39 is 12.7 Å². The van der Waals surface area contributed by atoms with Crippen LogP contribution in [0.2, 0.25) is 0 Å². The van der Waals surface area contributed by atoms with Gasteiger partial charge in [-0.1, -0.05) is 36.8 Å². The van der Waals surface area contributed by atoms with Gasteiger partial charge in [0.05, 0.1) is 0 Å². The Morgan fingerprint density at radius 3 is 2.48 bits per heavy atom. The van der Waals surface area contributed by atoms with Gasteiger partial charge in [-0.05, 0) is 48.9 Å². The van der Waals surface area contributed by atoms with Crippen LogP contribution < -0.4 is 5.32 Å². The molecule has 0 amide bonds. The van der Waals surface area contributed by atoms with E-state index in [1.165, 1.54) is 24.2 Å². The summed E-state index contributed by atoms with van der Waals surface area (Å²) in [5.74, 6) is 1.30. The molecule has 0 aliphatic heterocycles. The summed E-state index contributed by atoms with van der Waals surface area (Å²) in [7, 11) is 0. The first kappa shape index (κ1) is 16.6. The molecule has 0 unspecified atom stereocenters. The minimum absolute atomic E-state index is 0.174. The molecule has 1 N–H and O–H groups in total. The van der Waals surface area contributed by atoms with Gasteiger partial charge in [-0.3, -0.25) is 0 Å². The second-order valence-electron chi connectivity index (χ2n) is 6.69. The number of benzene rings is 1. The Kier molecular flexibility index (Phi) is 4.80. The number of alkyl halides is 3. The lowest BCUT2D eigenvalue weighted by atomic mass is 9.95. The predicted molar refractivity (Wildman–Crippen MR) is 87.9 cm³/mol. The van der Waals surface area contributed by atoms with Gasteiger partial charge in [-0.15, -0.1) is 0 Å². The second kappa shape index (κ2) is 6.67. The van der Waals surface area contributed by atoms with E-state index in [0.717, 1.165) is 17.9 Å². The molecule has 0 heterocycles. The number of hydrogen-bond acceptors (Lipinski definition) is 1. The third kappa shape index (κ3) is 4.37. The van der Waals surface area contributed by atoms with E-state index in [4.69, 9.17) is 12.2 Å². The van der Waals surface area contributed by atoms with Gasteiger partial charge in [-0.2, -0.15) is 13.2 Å². The molecule has 6 heteroatoms. The van der Waals surface area contributed by atoms with Crippen molar-refractivity contribution in [3.63, 3.8) is 0 Å². The predicted octanol–water partition coefficient (Wildman–Crippen LogP) is 4.11. The molecule has 2 aliphatic carbocycles. The summed E-state index contributed by atoms with van der Waals surface area (Å²) in [5, 5.41) is 3.44. The third-order valence-corrected chi connectivity index (χ3v) is 5.30. The van der Waals surface area contributed by atoms with Gasteiger partial charge in [-0.25, -0.2) is 0 Å². The molecule has 23 heavy (non-hydrogen) atoms. The quantitative estimate of drug-likeness (QED) is 0.829. The maximum absolute atomic E-state index is 12.9. The Morgan fingerprint density at radius 2 is 1.91 bits per heavy atom. The molecule has 2 saturated carbocycles. The van der Waals surface area contributed by atoms with Crippen molar-refractivity contribution in [1.82, 2.24) is 10.2 Å². The molecule has 0 aromatic heterocycles. The van der Waals surface area contributed by atoms with Crippen molar-refractivity contribution in [1.29, 1.82) is 0 Å². The van der Waals surface area contributed by atoms with Crippen molar-refractivity contribution in [2.75, 3.05) is 6.54 Å². The number of nitrogens with one attached hydrogen (secondary N) is 1. The molecule has 0 saturated heterocycles. The lowest BCUT2D eigenvalue weighted by molar-refractivity contribution is -0.138. The smallest absolute Gasteiger partial charge is 0.360 e. The average Bonchev–Trinajstić information content (AvgIpc) is 3.09. The first-order chi connectivity index (χ1) is 10.9. The fourth-order valence-corrected chi connectivity index (χ4v) is 4.17. The summed E-state index contributed by atoms with van der Waals surface area (Å²) in [6.45, 7) is -0.846. The summed E-state index contributed by atoms with van der Waals surface area (Å²) in [6, 6.07) is 9.39. The molecule has 2 nitrogen and oxygen atoms in total. The monoisotopic (exact) mass is 342 g/mol. The topological polar surface area (TPSA) is 15.3 Å². The van der Waals surface area contributed by atoms with E-state index in [9.17, 15) is 13.2 Å². The van der Waals surface area contributed by atoms with Gasteiger partial charge in [0.15, 0.2) is 5.11 Å². The SMILES string of the molecule is FC(F)(F)CN(Cc1ccccc1)C(=S)N[C@@H]1C[C@H]2CC[C@@H]1C2. The van der Waals surface area contributed by atoms with Gasteiger partial charge in [0.1, 0.15) is 6.54 Å². The number of rotatable bonds is 4. The lowest BCUT2D eigenvalue weighted by Gasteiger charge is -2.31. The number of thiocarbonyl (C=S) groups is 1. The fraction of sp³-hybridized carbons (Fsp3) is 0.588. The fourth-order valence-electron chi connectivity index (χ4n) is 3.89. The minimum Gasteiger partial charge on any atom is -0.360 e. The van der Waals surface area contributed by atoms with Gasteiger partial charge in [0.25, 0.3) is 0 Å². The van der Waals surface area contributed by atoms with Crippen molar-refractivity contribution >= 4 is 17.3 Å². The largest absolute Gasteiger partial charge is 0.406 e. The molecule has 126 valence electrons. The van der Waals surface area contributed by atoms with Crippen LogP contribution in [0.15, 0.2) is 30.3 Å². The van der Waals surface area contributed by atoms with Crippen molar-refractivity contribution in [2.45, 2.75) is 44.4 Å². The summed E-state index contributed by atoms with van der Waals surface area (Å²) in [4.78, 5) is 1.23. The number of halogens is 3. The first-order valence-electron chi connectivity index (χ1n) is 8.07. The van der Waals surface area contributed by atoms with Gasteiger partial charge < -0.3 is 10.2 Å². The minimum atomic E-state index is -4.27. The normalized spacial score (nSPS) is 26.3. The maximum Gasteiger partial charge on any atom is 0.406 e. The van der Waals surface area contributed by atoms with Crippen molar-refractivity contribution in [3.8, 4) is 0 Å². The Hall–Kier alpha value is -1.30. The van der Waals surface area contributed by atoms with Crippen LogP contribution in [-0.2, 0) is 6.54 Å². The molecule has 3 rings (SSSR count). The van der Waals surface area contributed by atoms with Crippen molar-refractivity contribution in [3.05, 3.63) is 35.9 Å². The molecule has 0 spiro atoms. The van der Waals surface area contributed by atoms with Crippen LogP contribution >= 0.6 is 12.2 Å². The highest BCUT2D eigenvalue weighted by Crippen LogP contribution is 2.44. The average molecular weight is 342 g/mol. The molecule has 1 aromatic carbocycles. The van der Waals surface area contributed by atoms with Crippen LogP contribution in [0.5, 0.6) is 0 Å². The molecule has 3 atom stereocenters. The summed E-state index contributed by atoms with van der Waals surface area (Å²) >= 11 is 5.31. The zero-order valence-electron chi connectivity index (χ0n) is 12.9. The molecule has 2 fully saturated rings. The van der Waals surface area contributed by atoms with E-state index in [-0.39, 0.29) is 17.7 Å². The number of fused-ring (bicyclic) bond motifs is 2. The summed E-state index contributed by atoms with van der Waals surface area (Å²) in [6.07, 6.45) is 0.387. The lowest BCUT2D eigenvalue weighted by Crippen LogP contribution is -2.48. The Labute approximate surface area is 140 Å². The highest BCUT2D eigenvalue weighted by molar-refractivity contribution is 7.80. The molecular formula is C17H21F3N2S. The molecule has 0 radical (unpaired) electrons. The molecule has 1 aromatic rings. The zero-order chi connectivity index (χ0) is 16.4. The Balaban J connectivity index is 1.65. The number of hydrogen-bond donors (Lipinski definition) is 1. The van der Waals surface area contributed by atoms with Crippen LogP contribution in [0.1, 0.15) is 31.2 Å². The summed E-state index contributed by atoms with van der Waals surface area (Å²) in [5.41, 5.74) is 0.828. The Morgan fingerprint density at radius 1 is 1.17 bits per heavy atom. The highest BCUT2D eigenvalue weighted by Gasteiger charge is 2.40. The maximum atomic E-state index is 12.9. The van der Waals surface area contributed by atoms with Crippen LogP contribution in [0, 0.1) is 11.8 Å². The van der Waals surface area contributed by atoms with Gasteiger partial charge >= 0.3 is 6.18 Å². The summed E-state index contributed by atoms with van der Waals surface area (Å²) < 4.78 is 38.7. The van der Waals surface area contributed by atoms with E-state index in [2.05, 4.69) is 5.32 Å². The van der Waals surface area contributed by atoms with Crippen LogP contribution in [-0.4, -0.2) is 28.8 Å². The van der Waals surface area contributed by atoms with Crippen LogP contribution in [0.4, 0.5) is 13.2 Å². The van der Waals surface area contributed by atoms with Gasteiger partial charge in [0, 0.05) is 12.6 Å². The van der Waals surface area contributed by atoms with E-state index in [1.807, 2.05) is 30.3 Å². The standard InChI is InChI=1S/C17H21F3N2S/c18-17(19,20)11-22(10-12-4-2-1-3-5-12)16(23)21-15-9-13-6-7-14(15)8-13/h1-5,13-15H,6-11H2,(H,21,23)/t13-,14+,15+/m0/s1. The second-order valence-corrected chi connectivity index (χ2v) is 7.07. The van der Waals surface area contributed by atoms with Gasteiger partial charge in [0.2, 0.25) is 0 Å². The van der Waals surface area contributed by atoms with Crippen LogP contribution in [0.3, 0.4) is 0 Å². The van der Waals surface area contributed by atoms with E-state index in [1.54, 1.807) is 0 Å².